The normalized spacial score (nSPS) is 14.2. The standard InChI is InChI=1S/C16H15N7O/c1-21-15-5-11(8-18-14(15)9-19-21)16(24)22-3-2-4-23-13(10-22)6-12(7-17)20-23/h5-6,8-9H,2-4,10H2,1H3. The maximum Gasteiger partial charge on any atom is 0.255 e. The van der Waals surface area contributed by atoms with Crippen LogP contribution in [0.5, 0.6) is 0 Å². The number of hydrogen-bond acceptors (Lipinski definition) is 5. The van der Waals surface area contributed by atoms with E-state index in [1.54, 1.807) is 28.0 Å². The van der Waals surface area contributed by atoms with Crippen molar-refractivity contribution < 1.29 is 4.79 Å². The zero-order chi connectivity index (χ0) is 16.7. The lowest BCUT2D eigenvalue weighted by molar-refractivity contribution is 0.0745. The van der Waals surface area contributed by atoms with Crippen LogP contribution in [0, 0.1) is 11.3 Å². The molecule has 4 rings (SSSR count). The van der Waals surface area contributed by atoms with Crippen molar-refractivity contribution in [2.45, 2.75) is 19.5 Å². The Bertz CT molecular complexity index is 978. The Morgan fingerprint density at radius 1 is 1.29 bits per heavy atom. The Hall–Kier alpha value is -3.21. The second-order valence-corrected chi connectivity index (χ2v) is 5.83. The second-order valence-electron chi connectivity index (χ2n) is 5.83. The average Bonchev–Trinajstić information content (AvgIpc) is 3.11. The van der Waals surface area contributed by atoms with E-state index < -0.39 is 0 Å². The van der Waals surface area contributed by atoms with Crippen LogP contribution in [0.25, 0.3) is 11.0 Å². The quantitative estimate of drug-likeness (QED) is 0.669. The third-order valence-electron chi connectivity index (χ3n) is 4.26. The topological polar surface area (TPSA) is 92.6 Å². The van der Waals surface area contributed by atoms with Gasteiger partial charge in [-0.3, -0.25) is 19.1 Å². The van der Waals surface area contributed by atoms with Crippen LogP contribution in [0.4, 0.5) is 0 Å². The van der Waals surface area contributed by atoms with E-state index in [2.05, 4.69) is 15.2 Å². The number of pyridine rings is 1. The molecule has 8 nitrogen and oxygen atoms in total. The van der Waals surface area contributed by atoms with Crippen LogP contribution in [0.1, 0.15) is 28.2 Å². The molecule has 0 bridgehead atoms. The molecule has 0 aliphatic carbocycles. The van der Waals surface area contributed by atoms with Gasteiger partial charge in [-0.1, -0.05) is 0 Å². The number of carbonyl (C=O) groups is 1. The highest BCUT2D eigenvalue weighted by molar-refractivity contribution is 5.96. The van der Waals surface area contributed by atoms with Crippen LogP contribution >= 0.6 is 0 Å². The fourth-order valence-electron chi connectivity index (χ4n) is 3.02. The van der Waals surface area contributed by atoms with Gasteiger partial charge in [0, 0.05) is 26.3 Å². The fraction of sp³-hybridized carbons (Fsp3) is 0.312. The molecule has 0 spiro atoms. The number of aryl methyl sites for hydroxylation is 2. The molecule has 3 aromatic heterocycles. The summed E-state index contributed by atoms with van der Waals surface area (Å²) in [4.78, 5) is 19.0. The minimum atomic E-state index is -0.0706. The van der Waals surface area contributed by atoms with E-state index in [0.29, 0.717) is 30.9 Å². The Labute approximate surface area is 137 Å². The number of aromatic nitrogens is 5. The summed E-state index contributed by atoms with van der Waals surface area (Å²) in [6, 6.07) is 5.61. The van der Waals surface area contributed by atoms with Crippen LogP contribution in [0.15, 0.2) is 24.5 Å². The summed E-state index contributed by atoms with van der Waals surface area (Å²) >= 11 is 0. The number of fused-ring (bicyclic) bond motifs is 2. The molecular weight excluding hydrogens is 306 g/mol. The lowest BCUT2D eigenvalue weighted by Gasteiger charge is -2.19. The molecule has 1 aliphatic rings. The van der Waals surface area contributed by atoms with Crippen molar-refractivity contribution >= 4 is 16.9 Å². The van der Waals surface area contributed by atoms with Gasteiger partial charge < -0.3 is 4.90 Å². The summed E-state index contributed by atoms with van der Waals surface area (Å²) in [6.07, 6.45) is 4.07. The molecule has 0 atom stereocenters. The first-order valence-electron chi connectivity index (χ1n) is 7.69. The molecular formula is C16H15N7O. The molecule has 0 unspecified atom stereocenters. The predicted octanol–water partition coefficient (Wildman–Crippen LogP) is 1.08. The van der Waals surface area contributed by atoms with Crippen LogP contribution < -0.4 is 0 Å². The monoisotopic (exact) mass is 321 g/mol. The molecule has 120 valence electrons. The Morgan fingerprint density at radius 2 is 2.17 bits per heavy atom. The Kier molecular flexibility index (Phi) is 3.27. The SMILES string of the molecule is Cn1ncc2ncc(C(=O)N3CCCn4nc(C#N)cc4C3)cc21. The van der Waals surface area contributed by atoms with Gasteiger partial charge in [0.05, 0.1) is 29.5 Å². The van der Waals surface area contributed by atoms with E-state index in [-0.39, 0.29) is 5.91 Å². The third kappa shape index (κ3) is 2.31. The number of rotatable bonds is 1. The first-order chi connectivity index (χ1) is 11.7. The van der Waals surface area contributed by atoms with Gasteiger partial charge in [0.25, 0.3) is 5.91 Å². The molecule has 4 heterocycles. The molecule has 24 heavy (non-hydrogen) atoms. The minimum absolute atomic E-state index is 0.0706. The smallest absolute Gasteiger partial charge is 0.255 e. The summed E-state index contributed by atoms with van der Waals surface area (Å²) < 4.78 is 3.52. The van der Waals surface area contributed by atoms with E-state index in [1.165, 1.54) is 0 Å². The van der Waals surface area contributed by atoms with Crippen molar-refractivity contribution in [1.82, 2.24) is 29.4 Å². The Morgan fingerprint density at radius 3 is 3.00 bits per heavy atom. The summed E-state index contributed by atoms with van der Waals surface area (Å²) in [7, 11) is 1.83. The summed E-state index contributed by atoms with van der Waals surface area (Å²) in [6.45, 7) is 1.80. The number of nitrogens with zero attached hydrogens (tertiary/aromatic N) is 7. The van der Waals surface area contributed by atoms with Gasteiger partial charge in [-0.05, 0) is 18.6 Å². The fourth-order valence-corrected chi connectivity index (χ4v) is 3.02. The summed E-state index contributed by atoms with van der Waals surface area (Å²) in [5.41, 5.74) is 3.40. The highest BCUT2D eigenvalue weighted by Gasteiger charge is 2.22. The van der Waals surface area contributed by atoms with Crippen molar-refractivity contribution in [3.05, 3.63) is 41.5 Å². The molecule has 0 saturated carbocycles. The van der Waals surface area contributed by atoms with Crippen molar-refractivity contribution in [3.8, 4) is 6.07 Å². The highest BCUT2D eigenvalue weighted by atomic mass is 16.2. The molecule has 0 radical (unpaired) electrons. The molecule has 1 amide bonds. The third-order valence-corrected chi connectivity index (χ3v) is 4.26. The Balaban J connectivity index is 1.65. The van der Waals surface area contributed by atoms with Gasteiger partial charge in [0.15, 0.2) is 5.69 Å². The number of carbonyl (C=O) groups excluding carboxylic acids is 1. The van der Waals surface area contributed by atoms with Crippen molar-refractivity contribution in [1.29, 1.82) is 5.26 Å². The first kappa shape index (κ1) is 14.4. The van der Waals surface area contributed by atoms with Crippen molar-refractivity contribution in [2.75, 3.05) is 6.54 Å². The lowest BCUT2D eigenvalue weighted by atomic mass is 10.2. The maximum atomic E-state index is 12.9. The van der Waals surface area contributed by atoms with Crippen LogP contribution in [-0.2, 0) is 20.1 Å². The molecule has 0 aromatic carbocycles. The molecule has 0 fully saturated rings. The lowest BCUT2D eigenvalue weighted by Crippen LogP contribution is -2.30. The van der Waals surface area contributed by atoms with E-state index in [0.717, 1.165) is 23.1 Å². The zero-order valence-electron chi connectivity index (χ0n) is 13.2. The van der Waals surface area contributed by atoms with E-state index in [4.69, 9.17) is 5.26 Å². The second kappa shape index (κ2) is 5.45. The maximum absolute atomic E-state index is 12.9. The van der Waals surface area contributed by atoms with Crippen LogP contribution in [-0.4, -0.2) is 41.9 Å². The number of nitriles is 1. The van der Waals surface area contributed by atoms with Gasteiger partial charge in [-0.15, -0.1) is 0 Å². The van der Waals surface area contributed by atoms with E-state index in [9.17, 15) is 4.79 Å². The molecule has 0 N–H and O–H groups in total. The zero-order valence-corrected chi connectivity index (χ0v) is 13.2. The number of hydrogen-bond donors (Lipinski definition) is 0. The van der Waals surface area contributed by atoms with Crippen molar-refractivity contribution in [3.63, 3.8) is 0 Å². The average molecular weight is 321 g/mol. The van der Waals surface area contributed by atoms with Crippen LogP contribution in [0.3, 0.4) is 0 Å². The molecule has 8 heteroatoms. The van der Waals surface area contributed by atoms with Gasteiger partial charge >= 0.3 is 0 Å². The summed E-state index contributed by atoms with van der Waals surface area (Å²) in [5.74, 6) is -0.0706. The van der Waals surface area contributed by atoms with Gasteiger partial charge in [-0.25, -0.2) is 0 Å². The minimum Gasteiger partial charge on any atom is -0.333 e. The predicted molar refractivity (Wildman–Crippen MR) is 84.8 cm³/mol. The van der Waals surface area contributed by atoms with E-state index >= 15 is 0 Å². The first-order valence-corrected chi connectivity index (χ1v) is 7.69. The molecule has 3 aromatic rings. The molecule has 1 aliphatic heterocycles. The van der Waals surface area contributed by atoms with Gasteiger partial charge in [0.2, 0.25) is 0 Å². The number of amides is 1. The van der Waals surface area contributed by atoms with Gasteiger partial charge in [-0.2, -0.15) is 15.5 Å². The van der Waals surface area contributed by atoms with Gasteiger partial charge in [0.1, 0.15) is 11.6 Å². The summed E-state index contributed by atoms with van der Waals surface area (Å²) in [5, 5.41) is 17.4. The van der Waals surface area contributed by atoms with E-state index in [1.807, 2.05) is 23.9 Å². The largest absolute Gasteiger partial charge is 0.333 e. The van der Waals surface area contributed by atoms with Crippen molar-refractivity contribution in [2.24, 2.45) is 7.05 Å². The van der Waals surface area contributed by atoms with Crippen LogP contribution in [0.2, 0.25) is 0 Å². The highest BCUT2D eigenvalue weighted by Crippen LogP contribution is 2.18. The molecule has 0 saturated heterocycles.